The van der Waals surface area contributed by atoms with Gasteiger partial charge in [0, 0.05) is 12.0 Å². The predicted molar refractivity (Wildman–Crippen MR) is 83.6 cm³/mol. The van der Waals surface area contributed by atoms with Gasteiger partial charge in [0.05, 0.1) is 0 Å². The highest BCUT2D eigenvalue weighted by atomic mass is 16.7. The molecule has 0 atom stereocenters. The van der Waals surface area contributed by atoms with Crippen molar-refractivity contribution < 1.29 is 28.6 Å². The highest BCUT2D eigenvalue weighted by molar-refractivity contribution is 5.93. The summed E-state index contributed by atoms with van der Waals surface area (Å²) in [5, 5.41) is 11.6. The minimum absolute atomic E-state index is 0.0334. The van der Waals surface area contributed by atoms with Crippen molar-refractivity contribution in [3.05, 3.63) is 47.4 Å². The number of carboxylic acid groups (broad SMARTS) is 1. The van der Waals surface area contributed by atoms with Gasteiger partial charge in [-0.25, -0.2) is 4.79 Å². The van der Waals surface area contributed by atoms with Crippen molar-refractivity contribution in [2.75, 3.05) is 13.3 Å². The highest BCUT2D eigenvalue weighted by Gasteiger charge is 2.25. The first-order chi connectivity index (χ1) is 11.4. The molecular formula is C17H17NO6. The zero-order valence-electron chi connectivity index (χ0n) is 13.3. The lowest BCUT2D eigenvalue weighted by atomic mass is 9.84. The summed E-state index contributed by atoms with van der Waals surface area (Å²) in [5.74, 6) is -0.588. The summed E-state index contributed by atoms with van der Waals surface area (Å²) >= 11 is 0. The van der Waals surface area contributed by atoms with Crippen molar-refractivity contribution in [3.63, 3.8) is 0 Å². The summed E-state index contributed by atoms with van der Waals surface area (Å²) in [4.78, 5) is 22.9. The maximum absolute atomic E-state index is 12.1. The van der Waals surface area contributed by atoms with Gasteiger partial charge >= 0.3 is 5.97 Å². The Labute approximate surface area is 138 Å². The third kappa shape index (κ3) is 3.05. The number of carbonyl (C=O) groups excluding carboxylic acids is 1. The molecule has 1 amide bonds. The summed E-state index contributed by atoms with van der Waals surface area (Å²) in [7, 11) is 0. The molecule has 0 unspecified atom stereocenters. The van der Waals surface area contributed by atoms with E-state index in [4.69, 9.17) is 19.0 Å². The largest absolute Gasteiger partial charge is 0.475 e. The maximum atomic E-state index is 12.1. The Kier molecular flexibility index (Phi) is 3.92. The average Bonchev–Trinajstić information content (AvgIpc) is 3.20. The quantitative estimate of drug-likeness (QED) is 0.873. The van der Waals surface area contributed by atoms with Gasteiger partial charge in [-0.2, -0.15) is 0 Å². The van der Waals surface area contributed by atoms with Crippen molar-refractivity contribution in [1.82, 2.24) is 5.32 Å². The number of fused-ring (bicyclic) bond motifs is 1. The molecule has 1 aromatic carbocycles. The fourth-order valence-electron chi connectivity index (χ4n) is 2.38. The van der Waals surface area contributed by atoms with Gasteiger partial charge in [-0.1, -0.05) is 19.9 Å². The number of furan rings is 1. The average molecular weight is 331 g/mol. The van der Waals surface area contributed by atoms with Gasteiger partial charge in [0.25, 0.3) is 5.91 Å². The minimum Gasteiger partial charge on any atom is -0.475 e. The summed E-state index contributed by atoms with van der Waals surface area (Å²) in [5.41, 5.74) is 0.622. The van der Waals surface area contributed by atoms with E-state index in [2.05, 4.69) is 5.32 Å². The molecule has 0 saturated heterocycles. The molecule has 2 N–H and O–H groups in total. The minimum atomic E-state index is -1.21. The second kappa shape index (κ2) is 5.92. The summed E-state index contributed by atoms with van der Waals surface area (Å²) < 4.78 is 15.7. The van der Waals surface area contributed by atoms with Gasteiger partial charge in [0.15, 0.2) is 17.3 Å². The van der Waals surface area contributed by atoms with E-state index in [1.54, 1.807) is 0 Å². The standard InChI is InChI=1S/C17H17NO6/c1-17(2,10-3-4-11-14(7-10)23-9-22-11)8-18-15(19)12-5-6-13(24-12)16(20)21/h3-7H,8-9H2,1-2H3,(H,18,19)(H,20,21). The van der Waals surface area contributed by atoms with Crippen LogP contribution in [0.1, 0.15) is 40.5 Å². The number of ether oxygens (including phenoxy) is 2. The van der Waals surface area contributed by atoms with Crippen LogP contribution in [0.15, 0.2) is 34.7 Å². The fourth-order valence-corrected chi connectivity index (χ4v) is 2.38. The van der Waals surface area contributed by atoms with E-state index in [0.29, 0.717) is 18.0 Å². The van der Waals surface area contributed by atoms with Crippen LogP contribution >= 0.6 is 0 Å². The van der Waals surface area contributed by atoms with Crippen LogP contribution in [0.5, 0.6) is 11.5 Å². The lowest BCUT2D eigenvalue weighted by Gasteiger charge is -2.25. The number of carboxylic acids is 1. The molecule has 2 heterocycles. The number of carbonyl (C=O) groups is 2. The van der Waals surface area contributed by atoms with Crippen LogP contribution in [0, 0.1) is 0 Å². The van der Waals surface area contributed by atoms with Crippen molar-refractivity contribution in [3.8, 4) is 11.5 Å². The molecule has 0 spiro atoms. The Hall–Kier alpha value is -2.96. The second-order valence-electron chi connectivity index (χ2n) is 6.10. The lowest BCUT2D eigenvalue weighted by Crippen LogP contribution is -2.36. The molecule has 0 fully saturated rings. The first-order valence-corrected chi connectivity index (χ1v) is 7.38. The van der Waals surface area contributed by atoms with E-state index >= 15 is 0 Å². The van der Waals surface area contributed by atoms with Crippen LogP contribution < -0.4 is 14.8 Å². The summed E-state index contributed by atoms with van der Waals surface area (Å²) in [6.07, 6.45) is 0. The number of benzene rings is 1. The third-order valence-corrected chi connectivity index (χ3v) is 3.89. The van der Waals surface area contributed by atoms with Crippen LogP contribution in [0.2, 0.25) is 0 Å². The van der Waals surface area contributed by atoms with Crippen molar-refractivity contribution >= 4 is 11.9 Å². The van der Waals surface area contributed by atoms with Crippen LogP contribution in [-0.4, -0.2) is 30.3 Å². The van der Waals surface area contributed by atoms with E-state index in [1.165, 1.54) is 12.1 Å². The molecule has 0 radical (unpaired) electrons. The molecule has 2 aromatic rings. The maximum Gasteiger partial charge on any atom is 0.371 e. The number of hydrogen-bond acceptors (Lipinski definition) is 5. The molecule has 0 saturated carbocycles. The molecule has 126 valence electrons. The smallest absolute Gasteiger partial charge is 0.371 e. The summed E-state index contributed by atoms with van der Waals surface area (Å²) in [6, 6.07) is 8.25. The van der Waals surface area contributed by atoms with Gasteiger partial charge < -0.3 is 24.3 Å². The number of amides is 1. The molecule has 0 bridgehead atoms. The molecule has 1 aliphatic rings. The van der Waals surface area contributed by atoms with Gasteiger partial charge in [0.1, 0.15) is 0 Å². The van der Waals surface area contributed by atoms with Crippen LogP contribution in [0.3, 0.4) is 0 Å². The molecule has 0 aliphatic carbocycles. The van der Waals surface area contributed by atoms with Crippen molar-refractivity contribution in [1.29, 1.82) is 0 Å². The second-order valence-corrected chi connectivity index (χ2v) is 6.10. The first-order valence-electron chi connectivity index (χ1n) is 7.38. The lowest BCUT2D eigenvalue weighted by molar-refractivity contribution is 0.0659. The molecule has 7 heteroatoms. The monoisotopic (exact) mass is 331 g/mol. The molecule has 7 nitrogen and oxygen atoms in total. The predicted octanol–water partition coefficient (Wildman–Crippen LogP) is 2.41. The van der Waals surface area contributed by atoms with E-state index in [9.17, 15) is 9.59 Å². The SMILES string of the molecule is CC(C)(CNC(=O)c1ccc(C(=O)O)o1)c1ccc2c(c1)OCO2. The number of hydrogen-bond donors (Lipinski definition) is 2. The van der Waals surface area contributed by atoms with Crippen LogP contribution in [0.4, 0.5) is 0 Å². The molecule has 1 aromatic heterocycles. The Bertz CT molecular complexity index is 792. The number of aromatic carboxylic acids is 1. The number of nitrogens with one attached hydrogen (secondary N) is 1. The van der Waals surface area contributed by atoms with E-state index in [1.807, 2.05) is 32.0 Å². The molecule has 3 rings (SSSR count). The topological polar surface area (TPSA) is 98.0 Å². The Balaban J connectivity index is 1.68. The van der Waals surface area contributed by atoms with Crippen LogP contribution in [-0.2, 0) is 5.41 Å². The molecule has 24 heavy (non-hydrogen) atoms. The van der Waals surface area contributed by atoms with Crippen molar-refractivity contribution in [2.24, 2.45) is 0 Å². The van der Waals surface area contributed by atoms with Crippen LogP contribution in [0.25, 0.3) is 0 Å². The van der Waals surface area contributed by atoms with Gasteiger partial charge in [0.2, 0.25) is 12.6 Å². The third-order valence-electron chi connectivity index (χ3n) is 3.89. The highest BCUT2D eigenvalue weighted by Crippen LogP contribution is 2.36. The normalized spacial score (nSPS) is 12.9. The van der Waals surface area contributed by atoms with Gasteiger partial charge in [-0.05, 0) is 29.8 Å². The molecule has 1 aliphatic heterocycles. The van der Waals surface area contributed by atoms with E-state index in [-0.39, 0.29) is 23.7 Å². The van der Waals surface area contributed by atoms with Crippen molar-refractivity contribution in [2.45, 2.75) is 19.3 Å². The molecular weight excluding hydrogens is 314 g/mol. The first kappa shape index (κ1) is 15.9. The van der Waals surface area contributed by atoms with Gasteiger partial charge in [-0.3, -0.25) is 4.79 Å². The van der Waals surface area contributed by atoms with Gasteiger partial charge in [-0.15, -0.1) is 0 Å². The Morgan fingerprint density at radius 2 is 1.83 bits per heavy atom. The van der Waals surface area contributed by atoms with E-state index in [0.717, 1.165) is 5.56 Å². The van der Waals surface area contributed by atoms with E-state index < -0.39 is 11.9 Å². The number of rotatable bonds is 5. The zero-order valence-corrected chi connectivity index (χ0v) is 13.3. The zero-order chi connectivity index (χ0) is 17.3. The fraction of sp³-hybridized carbons (Fsp3) is 0.294. The Morgan fingerprint density at radius 3 is 2.54 bits per heavy atom. The summed E-state index contributed by atoms with van der Waals surface area (Å²) in [6.45, 7) is 4.51. The Morgan fingerprint density at radius 1 is 1.12 bits per heavy atom.